The lowest BCUT2D eigenvalue weighted by molar-refractivity contribution is -0.882. The van der Waals surface area contributed by atoms with Gasteiger partial charge in [0.25, 0.3) is 11.8 Å². The van der Waals surface area contributed by atoms with Crippen LogP contribution in [-0.2, 0) is 14.4 Å². The second-order valence-corrected chi connectivity index (χ2v) is 7.33. The lowest BCUT2D eigenvalue weighted by Gasteiger charge is -2.31. The minimum atomic E-state index is -0.137. The summed E-state index contributed by atoms with van der Waals surface area (Å²) in [5, 5.41) is 5.53. The molecule has 7 nitrogen and oxygen atoms in total. The first kappa shape index (κ1) is 20.9. The van der Waals surface area contributed by atoms with Crippen molar-refractivity contribution in [1.29, 1.82) is 0 Å². The number of nitrogens with zero attached hydrogens (tertiary/aromatic N) is 1. The molecule has 0 spiro atoms. The van der Waals surface area contributed by atoms with Gasteiger partial charge in [0.2, 0.25) is 5.91 Å². The van der Waals surface area contributed by atoms with Gasteiger partial charge >= 0.3 is 0 Å². The molecule has 1 aromatic rings. The van der Waals surface area contributed by atoms with Gasteiger partial charge in [0.1, 0.15) is 0 Å². The van der Waals surface area contributed by atoms with Crippen molar-refractivity contribution in [1.82, 2.24) is 4.90 Å². The Morgan fingerprint density at radius 2 is 1.59 bits per heavy atom. The highest BCUT2D eigenvalue weighted by Gasteiger charge is 2.24. The van der Waals surface area contributed by atoms with Crippen LogP contribution in [0.3, 0.4) is 0 Å². The molecule has 0 bridgehead atoms. The summed E-state index contributed by atoms with van der Waals surface area (Å²) in [6, 6.07) is 6.97. The molecule has 1 fully saturated rings. The minimum Gasteiger partial charge on any atom is -0.338 e. The van der Waals surface area contributed by atoms with Crippen molar-refractivity contribution < 1.29 is 19.3 Å². The number of carbonyl (C=O) groups excluding carboxylic acids is 3. The summed E-state index contributed by atoms with van der Waals surface area (Å²) < 4.78 is 0. The van der Waals surface area contributed by atoms with E-state index in [9.17, 15) is 14.4 Å². The van der Waals surface area contributed by atoms with E-state index in [1.54, 1.807) is 24.3 Å². The van der Waals surface area contributed by atoms with Crippen LogP contribution in [0.2, 0.25) is 0 Å². The second-order valence-electron chi connectivity index (χ2n) is 7.33. The first-order valence-electron chi connectivity index (χ1n) is 9.66. The first-order chi connectivity index (χ1) is 12.9. The van der Waals surface area contributed by atoms with Crippen molar-refractivity contribution >= 4 is 29.1 Å². The number of hydrogen-bond acceptors (Lipinski definition) is 3. The molecule has 2 rings (SSSR count). The molecule has 148 valence electrons. The Hall–Kier alpha value is -2.41. The molecule has 0 saturated carbocycles. The molecule has 27 heavy (non-hydrogen) atoms. The van der Waals surface area contributed by atoms with Crippen LogP contribution in [0.5, 0.6) is 0 Å². The molecule has 1 aromatic carbocycles. The number of likely N-dealkylation sites (N-methyl/N-ethyl adjacent to an activating group) is 1. The van der Waals surface area contributed by atoms with Gasteiger partial charge in [0.05, 0.1) is 6.54 Å². The third kappa shape index (κ3) is 7.02. The molecule has 1 aliphatic heterocycles. The predicted molar refractivity (Wildman–Crippen MR) is 106 cm³/mol. The maximum atomic E-state index is 12.5. The largest absolute Gasteiger partial charge is 0.338 e. The molecule has 3 amide bonds. The van der Waals surface area contributed by atoms with Gasteiger partial charge in [-0.2, -0.15) is 0 Å². The van der Waals surface area contributed by atoms with Crippen LogP contribution < -0.4 is 15.5 Å². The molecule has 1 heterocycles. The van der Waals surface area contributed by atoms with Crippen molar-refractivity contribution in [2.45, 2.75) is 33.6 Å². The number of piperidine rings is 1. The number of nitrogens with one attached hydrogen (secondary N) is 3. The number of rotatable bonds is 7. The molecule has 1 aliphatic rings. The van der Waals surface area contributed by atoms with Crippen molar-refractivity contribution in [2.24, 2.45) is 5.92 Å². The number of carbonyl (C=O) groups is 3. The molecule has 1 unspecified atom stereocenters. The summed E-state index contributed by atoms with van der Waals surface area (Å²) in [5.41, 5.74) is 1.35. The molecular formula is C20H31N4O3+. The molecule has 1 atom stereocenters. The maximum absolute atomic E-state index is 12.5. The van der Waals surface area contributed by atoms with Gasteiger partial charge in [-0.1, -0.05) is 6.92 Å². The third-order valence-corrected chi connectivity index (χ3v) is 4.94. The number of hydrogen-bond donors (Lipinski definition) is 3. The minimum absolute atomic E-state index is 0.126. The van der Waals surface area contributed by atoms with Crippen molar-refractivity contribution in [3.05, 3.63) is 24.3 Å². The standard InChI is InChI=1S/C20H30N4O3/c1-4-23(14-20(27)24-11-9-15(2)10-12-24)13-19(26)22-18-7-5-17(6-8-18)21-16(3)25/h5-8,15H,4,9-14H2,1-3H3,(H,21,25)(H,22,26)/p+1. The van der Waals surface area contributed by atoms with Crippen molar-refractivity contribution in [3.8, 4) is 0 Å². The van der Waals surface area contributed by atoms with Crippen molar-refractivity contribution in [2.75, 3.05) is 43.4 Å². The SMILES string of the molecule is CC[NH+](CC(=O)Nc1ccc(NC(C)=O)cc1)CC(=O)N1CCC(C)CC1. The lowest BCUT2D eigenvalue weighted by atomic mass is 9.99. The smallest absolute Gasteiger partial charge is 0.279 e. The van der Waals surface area contributed by atoms with E-state index in [0.717, 1.165) is 30.8 Å². The summed E-state index contributed by atoms with van der Waals surface area (Å²) in [6.45, 7) is 8.61. The quantitative estimate of drug-likeness (QED) is 0.658. The van der Waals surface area contributed by atoms with Gasteiger partial charge in [-0.25, -0.2) is 0 Å². The fourth-order valence-corrected chi connectivity index (χ4v) is 3.17. The third-order valence-electron chi connectivity index (χ3n) is 4.94. The van der Waals surface area contributed by atoms with Gasteiger partial charge in [0, 0.05) is 31.4 Å². The fraction of sp³-hybridized carbons (Fsp3) is 0.550. The average Bonchev–Trinajstić information content (AvgIpc) is 2.62. The second kappa shape index (κ2) is 10.1. The fourth-order valence-electron chi connectivity index (χ4n) is 3.17. The van der Waals surface area contributed by atoms with Crippen molar-refractivity contribution in [3.63, 3.8) is 0 Å². The summed E-state index contributed by atoms with van der Waals surface area (Å²) in [7, 11) is 0. The summed E-state index contributed by atoms with van der Waals surface area (Å²) in [4.78, 5) is 38.7. The summed E-state index contributed by atoms with van der Waals surface area (Å²) >= 11 is 0. The number of quaternary nitrogens is 1. The predicted octanol–water partition coefficient (Wildman–Crippen LogP) is 0.747. The molecule has 1 saturated heterocycles. The van der Waals surface area contributed by atoms with E-state index in [1.807, 2.05) is 11.8 Å². The molecule has 0 aliphatic carbocycles. The molecule has 0 radical (unpaired) electrons. The van der Waals surface area contributed by atoms with E-state index in [0.29, 0.717) is 30.4 Å². The highest BCUT2D eigenvalue weighted by atomic mass is 16.2. The van der Waals surface area contributed by atoms with Crippen LogP contribution in [0.1, 0.15) is 33.6 Å². The van der Waals surface area contributed by atoms with Crippen LogP contribution >= 0.6 is 0 Å². The Morgan fingerprint density at radius 3 is 2.11 bits per heavy atom. The molecular weight excluding hydrogens is 344 g/mol. The van der Waals surface area contributed by atoms with Gasteiger partial charge < -0.3 is 20.4 Å². The van der Waals surface area contributed by atoms with Crippen LogP contribution in [0.15, 0.2) is 24.3 Å². The van der Waals surface area contributed by atoms with Gasteiger partial charge in [-0.3, -0.25) is 14.4 Å². The average molecular weight is 375 g/mol. The van der Waals surface area contributed by atoms with E-state index in [4.69, 9.17) is 0 Å². The zero-order valence-electron chi connectivity index (χ0n) is 16.5. The van der Waals surface area contributed by atoms with Gasteiger partial charge in [0.15, 0.2) is 13.1 Å². The Morgan fingerprint density at radius 1 is 1.04 bits per heavy atom. The lowest BCUT2D eigenvalue weighted by Crippen LogP contribution is -3.14. The number of amides is 3. The zero-order valence-corrected chi connectivity index (χ0v) is 16.5. The Kier molecular flexibility index (Phi) is 7.79. The number of likely N-dealkylation sites (tertiary alicyclic amines) is 1. The van der Waals surface area contributed by atoms with Gasteiger partial charge in [-0.05, 0) is 49.9 Å². The normalized spacial score (nSPS) is 15.9. The monoisotopic (exact) mass is 375 g/mol. The zero-order chi connectivity index (χ0) is 19.8. The molecule has 7 heteroatoms. The van der Waals surface area contributed by atoms with Crippen LogP contribution in [-0.4, -0.2) is 55.3 Å². The van der Waals surface area contributed by atoms with Gasteiger partial charge in [-0.15, -0.1) is 0 Å². The molecule has 0 aromatic heterocycles. The highest BCUT2D eigenvalue weighted by Crippen LogP contribution is 2.15. The summed E-state index contributed by atoms with van der Waals surface area (Å²) in [5.74, 6) is 0.554. The first-order valence-corrected chi connectivity index (χ1v) is 9.66. The summed E-state index contributed by atoms with van der Waals surface area (Å²) in [6.07, 6.45) is 2.12. The Bertz CT molecular complexity index is 652. The van der Waals surface area contributed by atoms with Crippen LogP contribution in [0, 0.1) is 5.92 Å². The highest BCUT2D eigenvalue weighted by molar-refractivity contribution is 5.92. The van der Waals surface area contributed by atoms with E-state index in [2.05, 4.69) is 17.6 Å². The Labute approximate surface area is 161 Å². The number of anilines is 2. The molecule has 3 N–H and O–H groups in total. The van der Waals surface area contributed by atoms with Crippen LogP contribution in [0.4, 0.5) is 11.4 Å². The number of benzene rings is 1. The van der Waals surface area contributed by atoms with Crippen LogP contribution in [0.25, 0.3) is 0 Å². The maximum Gasteiger partial charge on any atom is 0.279 e. The van der Waals surface area contributed by atoms with E-state index in [1.165, 1.54) is 6.92 Å². The van der Waals surface area contributed by atoms with E-state index < -0.39 is 0 Å². The van der Waals surface area contributed by atoms with E-state index >= 15 is 0 Å². The van der Waals surface area contributed by atoms with E-state index in [-0.39, 0.29) is 24.3 Å². The Balaban J connectivity index is 1.81. The topological polar surface area (TPSA) is 83.0 Å².